The van der Waals surface area contributed by atoms with Crippen molar-refractivity contribution in [2.24, 2.45) is 5.14 Å². The summed E-state index contributed by atoms with van der Waals surface area (Å²) in [6.45, 7) is 0. The van der Waals surface area contributed by atoms with Gasteiger partial charge in [-0.15, -0.1) is 11.3 Å². The average molecular weight is 622 g/mol. The van der Waals surface area contributed by atoms with Gasteiger partial charge in [-0.2, -0.15) is 0 Å². The summed E-state index contributed by atoms with van der Waals surface area (Å²) in [5.41, 5.74) is 1.41. The summed E-state index contributed by atoms with van der Waals surface area (Å²) in [5, 5.41) is 20.3. The number of halogens is 2. The van der Waals surface area contributed by atoms with Crippen molar-refractivity contribution in [3.05, 3.63) is 80.9 Å². The first kappa shape index (κ1) is 29.6. The number of thioether (sulfide) groups is 1. The van der Waals surface area contributed by atoms with E-state index in [-0.39, 0.29) is 26.9 Å². The van der Waals surface area contributed by atoms with Crippen LogP contribution in [0.25, 0.3) is 17.2 Å². The number of thiocarbonyl (C=S) groups is 1. The monoisotopic (exact) mass is 621 g/mol. The Kier molecular flexibility index (Phi) is 8.85. The molecule has 3 aromatic rings. The van der Waals surface area contributed by atoms with E-state index < -0.39 is 45.2 Å². The molecule has 1 saturated heterocycles. The second kappa shape index (κ2) is 12.0. The minimum Gasteiger partial charge on any atom is -0.478 e. The van der Waals surface area contributed by atoms with Gasteiger partial charge in [0.15, 0.2) is 11.6 Å². The molecule has 1 unspecified atom stereocenters. The molecular formula is C26H21F2N3O5S4. The van der Waals surface area contributed by atoms with Gasteiger partial charge in [-0.25, -0.2) is 13.6 Å². The SMILES string of the molecule is CS(N)(=O)=CC[C@@H](C(=O)Nc1ccc(C(=O)O)cc1)N1C(=O)C(=Cc2cc(-c3ccc(F)c(F)c3)cs2)SC1=S. The number of carbonyl (C=O) groups is 3. The fourth-order valence-corrected chi connectivity index (χ4v) is 6.50. The van der Waals surface area contributed by atoms with Gasteiger partial charge >= 0.3 is 5.97 Å². The minimum absolute atomic E-state index is 0.0279. The van der Waals surface area contributed by atoms with Crippen LogP contribution in [0.1, 0.15) is 21.7 Å². The molecule has 2 atom stereocenters. The van der Waals surface area contributed by atoms with E-state index in [9.17, 15) is 27.4 Å². The predicted octanol–water partition coefficient (Wildman–Crippen LogP) is 4.58. The van der Waals surface area contributed by atoms with Crippen molar-refractivity contribution < 1.29 is 32.5 Å². The summed E-state index contributed by atoms with van der Waals surface area (Å²) in [6.07, 6.45) is 2.71. The molecule has 4 rings (SSSR count). The third-order valence-corrected chi connectivity index (χ3v) is 8.70. The van der Waals surface area contributed by atoms with Gasteiger partial charge in [0.05, 0.1) is 10.5 Å². The van der Waals surface area contributed by atoms with Crippen LogP contribution in [-0.4, -0.2) is 54.0 Å². The van der Waals surface area contributed by atoms with Crippen molar-refractivity contribution in [1.29, 1.82) is 0 Å². The lowest BCUT2D eigenvalue weighted by Gasteiger charge is -2.25. The maximum absolute atomic E-state index is 13.7. The van der Waals surface area contributed by atoms with Crippen LogP contribution in [0, 0.1) is 11.6 Å². The van der Waals surface area contributed by atoms with Gasteiger partial charge in [0.1, 0.15) is 10.4 Å². The lowest BCUT2D eigenvalue weighted by atomic mass is 10.1. The number of thiophene rings is 1. The van der Waals surface area contributed by atoms with Crippen LogP contribution in [0.15, 0.2) is 58.8 Å². The Hall–Kier alpha value is -3.43. The molecule has 1 fully saturated rings. The van der Waals surface area contributed by atoms with Crippen LogP contribution in [-0.2, 0) is 19.3 Å². The standard InChI is InChI=1S/C26H21F2N3O5S4/c1-40(29,36)9-8-21(23(32)30-17-5-2-14(3-6-17)25(34)35)31-24(33)22(39-26(31)37)12-18-10-16(13-38-18)15-4-7-19(27)20(28)11-15/h2-7,9-13,21H,8H2,1H3,(H2,29,36)(H,30,32)(H,34,35)/t21-,40?/m0/s1. The lowest BCUT2D eigenvalue weighted by molar-refractivity contribution is -0.129. The Bertz CT molecular complexity index is 1670. The van der Waals surface area contributed by atoms with Gasteiger partial charge in [0.2, 0.25) is 5.91 Å². The van der Waals surface area contributed by atoms with Gasteiger partial charge in [0, 0.05) is 32.9 Å². The van der Waals surface area contributed by atoms with Crippen LogP contribution in [0.2, 0.25) is 0 Å². The zero-order valence-electron chi connectivity index (χ0n) is 20.6. The predicted molar refractivity (Wildman–Crippen MR) is 159 cm³/mol. The highest BCUT2D eigenvalue weighted by Gasteiger charge is 2.40. The first-order valence-corrected chi connectivity index (χ1v) is 15.6. The quantitative estimate of drug-likeness (QED) is 0.248. The molecule has 8 nitrogen and oxygen atoms in total. The second-order valence-corrected chi connectivity index (χ2v) is 13.6. The molecule has 208 valence electrons. The van der Waals surface area contributed by atoms with Gasteiger partial charge in [-0.1, -0.05) is 30.0 Å². The van der Waals surface area contributed by atoms with E-state index in [1.807, 2.05) is 0 Å². The van der Waals surface area contributed by atoms with Crippen LogP contribution in [0.3, 0.4) is 0 Å². The van der Waals surface area contributed by atoms with Crippen LogP contribution >= 0.6 is 35.3 Å². The average Bonchev–Trinajstić information content (AvgIpc) is 3.45. The number of hydrogen-bond acceptors (Lipinski definition) is 7. The number of hydrogen-bond donors (Lipinski definition) is 3. The summed E-state index contributed by atoms with van der Waals surface area (Å²) in [5.74, 6) is -4.24. The number of carboxylic acid groups (broad SMARTS) is 1. The van der Waals surface area contributed by atoms with Crippen molar-refractivity contribution in [1.82, 2.24) is 4.90 Å². The Labute approximate surface area is 242 Å². The van der Waals surface area contributed by atoms with Crippen molar-refractivity contribution >= 4 is 84.3 Å². The number of nitrogens with two attached hydrogens (primary N) is 1. The molecule has 14 heteroatoms. The molecule has 0 radical (unpaired) electrons. The van der Waals surface area contributed by atoms with Crippen molar-refractivity contribution in [3.63, 3.8) is 0 Å². The van der Waals surface area contributed by atoms with Gasteiger partial charge < -0.3 is 10.4 Å². The number of rotatable bonds is 8. The Morgan fingerprint density at radius 1 is 1.15 bits per heavy atom. The van der Waals surface area contributed by atoms with Gasteiger partial charge in [0.25, 0.3) is 5.91 Å². The molecular weight excluding hydrogens is 601 g/mol. The molecule has 2 aromatic carbocycles. The fraction of sp³-hybridized carbons (Fsp3) is 0.115. The van der Waals surface area contributed by atoms with Gasteiger partial charge in [-0.05, 0) is 70.4 Å². The maximum atomic E-state index is 13.7. The molecule has 4 N–H and O–H groups in total. The number of anilines is 1. The number of amides is 2. The molecule has 0 aliphatic carbocycles. The molecule has 1 aliphatic rings. The van der Waals surface area contributed by atoms with E-state index in [1.54, 1.807) is 17.5 Å². The molecule has 40 heavy (non-hydrogen) atoms. The van der Waals surface area contributed by atoms with Crippen molar-refractivity contribution in [3.8, 4) is 11.1 Å². The van der Waals surface area contributed by atoms with E-state index in [2.05, 4.69) is 5.32 Å². The largest absolute Gasteiger partial charge is 0.478 e. The molecule has 2 amide bonds. The van der Waals surface area contributed by atoms with E-state index in [1.165, 1.54) is 53.3 Å². The smallest absolute Gasteiger partial charge is 0.335 e. The number of carboxylic acids is 1. The molecule has 1 aliphatic heterocycles. The van der Waals surface area contributed by atoms with Crippen LogP contribution < -0.4 is 10.5 Å². The topological polar surface area (TPSA) is 130 Å². The number of nitrogens with one attached hydrogen (secondary N) is 1. The molecule has 2 heterocycles. The lowest BCUT2D eigenvalue weighted by Crippen LogP contribution is -2.47. The summed E-state index contributed by atoms with van der Waals surface area (Å²) >= 11 is 7.68. The number of aromatic carboxylic acids is 1. The minimum atomic E-state index is -2.87. The highest BCUT2D eigenvalue weighted by molar-refractivity contribution is 8.26. The number of carbonyl (C=O) groups excluding carboxylic acids is 2. The first-order chi connectivity index (χ1) is 18.8. The summed E-state index contributed by atoms with van der Waals surface area (Å²) < 4.78 is 39.2. The van der Waals surface area contributed by atoms with Gasteiger partial charge in [-0.3, -0.25) is 23.8 Å². The Morgan fingerprint density at radius 2 is 1.85 bits per heavy atom. The van der Waals surface area contributed by atoms with Crippen molar-refractivity contribution in [2.75, 3.05) is 11.6 Å². The zero-order chi connectivity index (χ0) is 29.2. The molecule has 0 spiro atoms. The number of nitrogens with zero attached hydrogens (tertiary/aromatic N) is 1. The molecule has 0 saturated carbocycles. The maximum Gasteiger partial charge on any atom is 0.335 e. The van der Waals surface area contributed by atoms with Crippen molar-refractivity contribution in [2.45, 2.75) is 12.5 Å². The number of benzene rings is 2. The summed E-state index contributed by atoms with van der Waals surface area (Å²) in [4.78, 5) is 39.8. The Morgan fingerprint density at radius 3 is 2.48 bits per heavy atom. The van der Waals surface area contributed by atoms with E-state index in [0.29, 0.717) is 16.0 Å². The molecule has 1 aromatic heterocycles. The summed E-state index contributed by atoms with van der Waals surface area (Å²) in [6, 6.07) is 9.52. The second-order valence-electron chi connectivity index (χ2n) is 8.67. The van der Waals surface area contributed by atoms with E-state index in [0.717, 1.165) is 28.8 Å². The highest BCUT2D eigenvalue weighted by Crippen LogP contribution is 2.37. The summed E-state index contributed by atoms with van der Waals surface area (Å²) in [7, 11) is -2.87. The highest BCUT2D eigenvalue weighted by atomic mass is 32.2. The Balaban J connectivity index is 1.59. The third-order valence-electron chi connectivity index (χ3n) is 5.63. The fourth-order valence-electron chi connectivity index (χ4n) is 3.67. The first-order valence-electron chi connectivity index (χ1n) is 11.4. The van der Waals surface area contributed by atoms with E-state index >= 15 is 0 Å². The molecule has 0 bridgehead atoms. The van der Waals surface area contributed by atoms with Crippen LogP contribution in [0.5, 0.6) is 0 Å². The normalized spacial score (nSPS) is 16.6. The van der Waals surface area contributed by atoms with E-state index in [4.69, 9.17) is 22.5 Å². The van der Waals surface area contributed by atoms with Crippen LogP contribution in [0.4, 0.5) is 14.5 Å². The zero-order valence-corrected chi connectivity index (χ0v) is 23.9. The third kappa shape index (κ3) is 7.01.